The van der Waals surface area contributed by atoms with Crippen molar-refractivity contribution in [3.63, 3.8) is 0 Å². The van der Waals surface area contributed by atoms with Gasteiger partial charge in [0.25, 0.3) is 0 Å². The highest BCUT2D eigenvalue weighted by molar-refractivity contribution is 5.86. The zero-order chi connectivity index (χ0) is 24.8. The summed E-state index contributed by atoms with van der Waals surface area (Å²) in [4.78, 5) is 34.7. The number of hydrogen-bond acceptors (Lipinski definition) is 5. The number of rotatable bonds is 7. The Morgan fingerprint density at radius 2 is 1.67 bits per heavy atom. The van der Waals surface area contributed by atoms with Gasteiger partial charge in [0.2, 0.25) is 5.91 Å². The molecule has 1 unspecified atom stereocenters. The van der Waals surface area contributed by atoms with Crippen molar-refractivity contribution in [1.82, 2.24) is 19.6 Å². The van der Waals surface area contributed by atoms with Crippen molar-refractivity contribution in [3.8, 4) is 0 Å². The van der Waals surface area contributed by atoms with Gasteiger partial charge in [0.1, 0.15) is 11.6 Å². The monoisotopic (exact) mass is 460 g/mol. The topological polar surface area (TPSA) is 56.3 Å². The van der Waals surface area contributed by atoms with Gasteiger partial charge in [-0.3, -0.25) is 14.6 Å². The molecule has 1 heterocycles. The second-order valence-electron chi connectivity index (χ2n) is 10.9. The number of likely N-dealkylation sites (N-methyl/N-ethyl adjacent to an activating group) is 2. The lowest BCUT2D eigenvalue weighted by molar-refractivity contribution is -0.140. The molecule has 1 aliphatic rings. The summed E-state index contributed by atoms with van der Waals surface area (Å²) in [5.41, 5.74) is 0.570. The van der Waals surface area contributed by atoms with Gasteiger partial charge in [-0.2, -0.15) is 0 Å². The van der Waals surface area contributed by atoms with E-state index < -0.39 is 17.7 Å². The summed E-state index contributed by atoms with van der Waals surface area (Å²) < 4.78 is 5.65. The fourth-order valence-corrected chi connectivity index (χ4v) is 4.04. The van der Waals surface area contributed by atoms with Crippen LogP contribution in [0.5, 0.6) is 0 Å². The van der Waals surface area contributed by atoms with Crippen molar-refractivity contribution >= 4 is 12.0 Å². The van der Waals surface area contributed by atoms with E-state index in [4.69, 9.17) is 4.74 Å². The third-order valence-corrected chi connectivity index (χ3v) is 5.98. The second kappa shape index (κ2) is 11.3. The summed E-state index contributed by atoms with van der Waals surface area (Å²) in [6.07, 6.45) is -0.411. The molecule has 7 nitrogen and oxygen atoms in total. The van der Waals surface area contributed by atoms with E-state index in [0.717, 1.165) is 19.6 Å². The van der Waals surface area contributed by atoms with Crippen LogP contribution in [0.3, 0.4) is 0 Å². The van der Waals surface area contributed by atoms with Crippen LogP contribution >= 0.6 is 0 Å². The van der Waals surface area contributed by atoms with E-state index in [1.807, 2.05) is 50.8 Å². The first-order chi connectivity index (χ1) is 15.3. The van der Waals surface area contributed by atoms with E-state index in [1.54, 1.807) is 4.90 Å². The van der Waals surface area contributed by atoms with Crippen molar-refractivity contribution < 1.29 is 14.3 Å². The third-order valence-electron chi connectivity index (χ3n) is 5.98. The molecule has 0 bridgehead atoms. The molecule has 1 fully saturated rings. The highest BCUT2D eigenvalue weighted by atomic mass is 16.6. The van der Waals surface area contributed by atoms with E-state index in [9.17, 15) is 9.59 Å². The summed E-state index contributed by atoms with van der Waals surface area (Å²) in [7, 11) is 2.07. The Hall–Kier alpha value is -2.12. The van der Waals surface area contributed by atoms with Crippen molar-refractivity contribution in [3.05, 3.63) is 35.9 Å². The van der Waals surface area contributed by atoms with E-state index >= 15 is 0 Å². The molecule has 0 N–H and O–H groups in total. The van der Waals surface area contributed by atoms with E-state index in [0.29, 0.717) is 26.2 Å². The summed E-state index contributed by atoms with van der Waals surface area (Å²) in [6, 6.07) is 9.78. The van der Waals surface area contributed by atoms with Crippen molar-refractivity contribution in [2.45, 2.75) is 72.2 Å². The standard InChI is InChI=1S/C26H44N4O3/c1-9-28(16-15-27(8)19-21-13-11-10-12-14-21)23(31)22-20-29(25(2,3)4)17-18-30(22)24(32)33-26(5,6)7/h10-14,22H,9,15-20H2,1-8H3. The lowest BCUT2D eigenvalue weighted by atomic mass is 10.0. The van der Waals surface area contributed by atoms with Gasteiger partial charge in [0.05, 0.1) is 0 Å². The molecule has 0 radical (unpaired) electrons. The zero-order valence-corrected chi connectivity index (χ0v) is 21.9. The van der Waals surface area contributed by atoms with Gasteiger partial charge in [0.15, 0.2) is 0 Å². The predicted octanol–water partition coefficient (Wildman–Crippen LogP) is 3.69. The van der Waals surface area contributed by atoms with Crippen LogP contribution in [0.15, 0.2) is 30.3 Å². The molecular formula is C26H44N4O3. The van der Waals surface area contributed by atoms with Crippen LogP contribution in [-0.4, -0.2) is 95.1 Å². The minimum absolute atomic E-state index is 0.00887. The van der Waals surface area contributed by atoms with Gasteiger partial charge in [-0.15, -0.1) is 0 Å². The fourth-order valence-electron chi connectivity index (χ4n) is 4.04. The minimum Gasteiger partial charge on any atom is -0.444 e. The van der Waals surface area contributed by atoms with Crippen molar-refractivity contribution in [2.24, 2.45) is 0 Å². The highest BCUT2D eigenvalue weighted by Crippen LogP contribution is 2.23. The molecule has 1 atom stereocenters. The highest BCUT2D eigenvalue weighted by Gasteiger charge is 2.41. The fraction of sp³-hybridized carbons (Fsp3) is 0.692. The molecule has 186 valence electrons. The Bertz CT molecular complexity index is 770. The Labute approximate surface area is 200 Å². The number of carbonyl (C=O) groups is 2. The van der Waals surface area contributed by atoms with Crippen LogP contribution in [-0.2, 0) is 16.1 Å². The molecule has 1 saturated heterocycles. The number of benzene rings is 1. The Kier molecular flexibility index (Phi) is 9.32. The van der Waals surface area contributed by atoms with Crippen molar-refractivity contribution in [2.75, 3.05) is 46.3 Å². The maximum absolute atomic E-state index is 13.7. The molecule has 0 aliphatic carbocycles. The van der Waals surface area contributed by atoms with Crippen LogP contribution in [0.25, 0.3) is 0 Å². The Balaban J connectivity index is 2.11. The van der Waals surface area contributed by atoms with Gasteiger partial charge in [-0.1, -0.05) is 30.3 Å². The molecule has 1 aromatic carbocycles. The third kappa shape index (κ3) is 8.31. The van der Waals surface area contributed by atoms with Crippen LogP contribution in [0.2, 0.25) is 0 Å². The normalized spacial score (nSPS) is 17.8. The first-order valence-electron chi connectivity index (χ1n) is 12.1. The van der Waals surface area contributed by atoms with E-state index in [2.05, 4.69) is 49.8 Å². The number of carbonyl (C=O) groups excluding carboxylic acids is 2. The largest absolute Gasteiger partial charge is 0.444 e. The molecule has 0 spiro atoms. The summed E-state index contributed by atoms with van der Waals surface area (Å²) in [6.45, 7) is 18.5. The first kappa shape index (κ1) is 27.1. The van der Waals surface area contributed by atoms with Crippen LogP contribution in [0.4, 0.5) is 4.79 Å². The maximum atomic E-state index is 13.7. The molecule has 0 saturated carbocycles. The number of hydrogen-bond donors (Lipinski definition) is 0. The van der Waals surface area contributed by atoms with Crippen LogP contribution < -0.4 is 0 Å². The Morgan fingerprint density at radius 1 is 1.03 bits per heavy atom. The SMILES string of the molecule is CCN(CCN(C)Cc1ccccc1)C(=O)C1CN(C(C)(C)C)CCN1C(=O)OC(C)(C)C. The van der Waals surface area contributed by atoms with Gasteiger partial charge in [0, 0.05) is 51.4 Å². The van der Waals surface area contributed by atoms with E-state index in [1.165, 1.54) is 5.56 Å². The van der Waals surface area contributed by atoms with Crippen molar-refractivity contribution in [1.29, 1.82) is 0 Å². The number of amides is 2. The molecule has 2 rings (SSSR count). The molecule has 1 aliphatic heterocycles. The molecule has 2 amide bonds. The minimum atomic E-state index is -0.601. The van der Waals surface area contributed by atoms with Gasteiger partial charge >= 0.3 is 6.09 Å². The first-order valence-corrected chi connectivity index (χ1v) is 12.1. The maximum Gasteiger partial charge on any atom is 0.411 e. The summed E-state index contributed by atoms with van der Waals surface area (Å²) in [5.74, 6) is -0.00887. The van der Waals surface area contributed by atoms with Gasteiger partial charge in [-0.05, 0) is 61.1 Å². The molecule has 33 heavy (non-hydrogen) atoms. The zero-order valence-electron chi connectivity index (χ0n) is 21.9. The smallest absolute Gasteiger partial charge is 0.411 e. The number of ether oxygens (including phenoxy) is 1. The summed E-state index contributed by atoms with van der Waals surface area (Å²) >= 11 is 0. The molecular weight excluding hydrogens is 416 g/mol. The van der Waals surface area contributed by atoms with Crippen LogP contribution in [0, 0.1) is 0 Å². The van der Waals surface area contributed by atoms with Gasteiger partial charge in [-0.25, -0.2) is 4.79 Å². The molecule has 7 heteroatoms. The van der Waals surface area contributed by atoms with Gasteiger partial charge < -0.3 is 14.5 Å². The quantitative estimate of drug-likeness (QED) is 0.621. The van der Waals surface area contributed by atoms with E-state index in [-0.39, 0.29) is 11.4 Å². The van der Waals surface area contributed by atoms with Crippen LogP contribution in [0.1, 0.15) is 54.0 Å². The molecule has 0 aromatic heterocycles. The lowest BCUT2D eigenvalue weighted by Crippen LogP contribution is -2.64. The average molecular weight is 461 g/mol. The average Bonchev–Trinajstić information content (AvgIpc) is 2.72. The lowest BCUT2D eigenvalue weighted by Gasteiger charge is -2.47. The predicted molar refractivity (Wildman–Crippen MR) is 133 cm³/mol. The number of nitrogens with zero attached hydrogens (tertiary/aromatic N) is 4. The Morgan fingerprint density at radius 3 is 2.21 bits per heavy atom. The number of piperazine rings is 1. The second-order valence-corrected chi connectivity index (χ2v) is 10.9. The summed E-state index contributed by atoms with van der Waals surface area (Å²) in [5, 5.41) is 0. The molecule has 1 aromatic rings.